The van der Waals surface area contributed by atoms with E-state index in [0.717, 1.165) is 0 Å². The number of carbonyl (C=O) groups excluding carboxylic acids is 2. The van der Waals surface area contributed by atoms with Crippen LogP contribution in [-0.4, -0.2) is 29.8 Å². The quantitative estimate of drug-likeness (QED) is 0.870. The summed E-state index contributed by atoms with van der Waals surface area (Å²) in [4.78, 5) is 24.9. The zero-order chi connectivity index (χ0) is 13.7. The standard InChI is InChI=1S/C12H14Cl2N2O2/c1-3-16(4-2)12(18)11(17)15-9-7-5-6-8(13)10(9)14/h5-7H,3-4H2,1-2H3,(H,15,17). The maximum Gasteiger partial charge on any atom is 0.313 e. The van der Waals surface area contributed by atoms with Gasteiger partial charge >= 0.3 is 11.8 Å². The van der Waals surface area contributed by atoms with E-state index < -0.39 is 11.8 Å². The number of rotatable bonds is 3. The molecule has 1 aromatic rings. The van der Waals surface area contributed by atoms with Crippen molar-refractivity contribution in [2.24, 2.45) is 0 Å². The fourth-order valence-electron chi connectivity index (χ4n) is 1.43. The van der Waals surface area contributed by atoms with Crippen LogP contribution in [0.4, 0.5) is 5.69 Å². The summed E-state index contributed by atoms with van der Waals surface area (Å²) in [5.74, 6) is -1.31. The molecule has 0 bridgehead atoms. The molecular weight excluding hydrogens is 275 g/mol. The van der Waals surface area contributed by atoms with Crippen molar-refractivity contribution < 1.29 is 9.59 Å². The van der Waals surface area contributed by atoms with Crippen LogP contribution in [0.25, 0.3) is 0 Å². The average molecular weight is 289 g/mol. The number of hydrogen-bond donors (Lipinski definition) is 1. The topological polar surface area (TPSA) is 49.4 Å². The van der Waals surface area contributed by atoms with Crippen LogP contribution >= 0.6 is 23.2 Å². The van der Waals surface area contributed by atoms with E-state index in [2.05, 4.69) is 5.32 Å². The first-order valence-corrected chi connectivity index (χ1v) is 6.31. The molecule has 0 aliphatic heterocycles. The number of nitrogens with one attached hydrogen (secondary N) is 1. The molecule has 0 radical (unpaired) electrons. The summed E-state index contributed by atoms with van der Waals surface area (Å²) in [6.07, 6.45) is 0. The molecule has 0 fully saturated rings. The number of halogens is 2. The molecule has 0 saturated heterocycles. The van der Waals surface area contributed by atoms with Gasteiger partial charge in [0, 0.05) is 13.1 Å². The number of hydrogen-bond acceptors (Lipinski definition) is 2. The Labute approximate surface area is 116 Å². The third-order valence-electron chi connectivity index (χ3n) is 2.44. The van der Waals surface area contributed by atoms with Gasteiger partial charge < -0.3 is 10.2 Å². The van der Waals surface area contributed by atoms with Gasteiger partial charge in [-0.1, -0.05) is 29.3 Å². The third kappa shape index (κ3) is 3.37. The van der Waals surface area contributed by atoms with E-state index in [1.807, 2.05) is 0 Å². The maximum absolute atomic E-state index is 11.7. The average Bonchev–Trinajstić information content (AvgIpc) is 2.36. The monoisotopic (exact) mass is 288 g/mol. The summed E-state index contributed by atoms with van der Waals surface area (Å²) < 4.78 is 0. The Balaban J connectivity index is 2.82. The van der Waals surface area contributed by atoms with Crippen LogP contribution in [0, 0.1) is 0 Å². The first-order valence-electron chi connectivity index (χ1n) is 5.55. The molecule has 0 aromatic heterocycles. The van der Waals surface area contributed by atoms with Crippen LogP contribution in [0.2, 0.25) is 10.0 Å². The number of anilines is 1. The molecule has 1 rings (SSSR count). The molecule has 0 aliphatic rings. The van der Waals surface area contributed by atoms with Crippen molar-refractivity contribution in [3.05, 3.63) is 28.2 Å². The summed E-state index contributed by atoms with van der Waals surface area (Å²) in [7, 11) is 0. The molecule has 0 unspecified atom stereocenters. The van der Waals surface area contributed by atoms with E-state index in [9.17, 15) is 9.59 Å². The molecule has 18 heavy (non-hydrogen) atoms. The van der Waals surface area contributed by atoms with Crippen molar-refractivity contribution in [2.75, 3.05) is 18.4 Å². The minimum Gasteiger partial charge on any atom is -0.335 e. The Morgan fingerprint density at radius 3 is 2.39 bits per heavy atom. The van der Waals surface area contributed by atoms with Gasteiger partial charge in [0.25, 0.3) is 0 Å². The number of amides is 2. The van der Waals surface area contributed by atoms with Gasteiger partial charge in [0.2, 0.25) is 0 Å². The van der Waals surface area contributed by atoms with Crippen molar-refractivity contribution in [1.29, 1.82) is 0 Å². The lowest BCUT2D eigenvalue weighted by Crippen LogP contribution is -2.39. The van der Waals surface area contributed by atoms with Crippen molar-refractivity contribution in [1.82, 2.24) is 4.90 Å². The predicted octanol–water partition coefficient (Wildman–Crippen LogP) is 2.80. The van der Waals surface area contributed by atoms with E-state index >= 15 is 0 Å². The van der Waals surface area contributed by atoms with E-state index in [-0.39, 0.29) is 5.02 Å². The Morgan fingerprint density at radius 1 is 1.22 bits per heavy atom. The second-order valence-electron chi connectivity index (χ2n) is 3.53. The van der Waals surface area contributed by atoms with Gasteiger partial charge in [-0.15, -0.1) is 0 Å². The van der Waals surface area contributed by atoms with Crippen LogP contribution in [-0.2, 0) is 9.59 Å². The molecule has 2 amide bonds. The molecule has 1 N–H and O–H groups in total. The summed E-state index contributed by atoms with van der Waals surface area (Å²) in [6, 6.07) is 4.83. The summed E-state index contributed by atoms with van der Waals surface area (Å²) in [5.41, 5.74) is 0.328. The molecule has 98 valence electrons. The van der Waals surface area contributed by atoms with Gasteiger partial charge in [0.1, 0.15) is 0 Å². The second kappa shape index (κ2) is 6.61. The Bertz CT molecular complexity index is 459. The normalized spacial score (nSPS) is 10.0. The number of benzene rings is 1. The third-order valence-corrected chi connectivity index (χ3v) is 3.26. The van der Waals surface area contributed by atoms with Gasteiger partial charge in [-0.05, 0) is 26.0 Å². The van der Waals surface area contributed by atoms with Gasteiger partial charge in [-0.25, -0.2) is 0 Å². The van der Waals surface area contributed by atoms with Gasteiger partial charge in [-0.2, -0.15) is 0 Å². The summed E-state index contributed by atoms with van der Waals surface area (Å²) >= 11 is 11.7. The molecule has 6 heteroatoms. The highest BCUT2D eigenvalue weighted by Crippen LogP contribution is 2.29. The Kier molecular flexibility index (Phi) is 5.44. The first kappa shape index (κ1) is 14.8. The molecular formula is C12H14Cl2N2O2. The highest BCUT2D eigenvalue weighted by Gasteiger charge is 2.20. The van der Waals surface area contributed by atoms with Crippen molar-refractivity contribution >= 4 is 40.7 Å². The van der Waals surface area contributed by atoms with Crippen molar-refractivity contribution in [3.63, 3.8) is 0 Å². The van der Waals surface area contributed by atoms with E-state index in [1.165, 1.54) is 4.90 Å². The fourth-order valence-corrected chi connectivity index (χ4v) is 1.78. The van der Waals surface area contributed by atoms with E-state index in [0.29, 0.717) is 23.8 Å². The molecule has 1 aromatic carbocycles. The van der Waals surface area contributed by atoms with Gasteiger partial charge in [0.05, 0.1) is 15.7 Å². The highest BCUT2D eigenvalue weighted by molar-refractivity contribution is 6.45. The molecule has 0 spiro atoms. The maximum atomic E-state index is 11.7. The van der Waals surface area contributed by atoms with Crippen LogP contribution < -0.4 is 5.32 Å². The molecule has 0 atom stereocenters. The minimum absolute atomic E-state index is 0.222. The minimum atomic E-state index is -0.720. The molecule has 0 aliphatic carbocycles. The predicted molar refractivity (Wildman–Crippen MR) is 73.0 cm³/mol. The lowest BCUT2D eigenvalue weighted by atomic mass is 10.3. The fraction of sp³-hybridized carbons (Fsp3) is 0.333. The molecule has 4 nitrogen and oxygen atoms in total. The van der Waals surface area contributed by atoms with Crippen LogP contribution in [0.5, 0.6) is 0 Å². The second-order valence-corrected chi connectivity index (χ2v) is 4.32. The first-order chi connectivity index (χ1) is 8.51. The van der Waals surface area contributed by atoms with Crippen LogP contribution in [0.15, 0.2) is 18.2 Å². The largest absolute Gasteiger partial charge is 0.335 e. The zero-order valence-corrected chi connectivity index (χ0v) is 11.7. The highest BCUT2D eigenvalue weighted by atomic mass is 35.5. The molecule has 0 heterocycles. The number of nitrogens with zero attached hydrogens (tertiary/aromatic N) is 1. The Morgan fingerprint density at radius 2 is 1.83 bits per heavy atom. The van der Waals surface area contributed by atoms with Crippen molar-refractivity contribution in [3.8, 4) is 0 Å². The van der Waals surface area contributed by atoms with Gasteiger partial charge in [0.15, 0.2) is 0 Å². The number of likely N-dealkylation sites (N-methyl/N-ethyl adjacent to an activating group) is 1. The van der Waals surface area contributed by atoms with Crippen molar-refractivity contribution in [2.45, 2.75) is 13.8 Å². The lowest BCUT2D eigenvalue weighted by Gasteiger charge is -2.18. The van der Waals surface area contributed by atoms with E-state index in [1.54, 1.807) is 32.0 Å². The number of carbonyl (C=O) groups is 2. The van der Waals surface area contributed by atoms with E-state index in [4.69, 9.17) is 23.2 Å². The van der Waals surface area contributed by atoms with Crippen LogP contribution in [0.1, 0.15) is 13.8 Å². The van der Waals surface area contributed by atoms with Crippen LogP contribution in [0.3, 0.4) is 0 Å². The van der Waals surface area contributed by atoms with Gasteiger partial charge in [-0.3, -0.25) is 9.59 Å². The summed E-state index contributed by atoms with van der Waals surface area (Å²) in [5, 5.41) is 3.00. The SMILES string of the molecule is CCN(CC)C(=O)C(=O)Nc1cccc(Cl)c1Cl. The lowest BCUT2D eigenvalue weighted by molar-refractivity contribution is -0.142. The smallest absolute Gasteiger partial charge is 0.313 e. The molecule has 0 saturated carbocycles. The summed E-state index contributed by atoms with van der Waals surface area (Å²) in [6.45, 7) is 4.57. The zero-order valence-electron chi connectivity index (χ0n) is 10.2. The Hall–Kier alpha value is -1.26.